The topological polar surface area (TPSA) is 65.1 Å². The third kappa shape index (κ3) is 4.42. The van der Waals surface area contributed by atoms with Crippen molar-refractivity contribution in [1.82, 2.24) is 20.1 Å². The number of nitrogens with zero attached hydrogens (tertiary/aromatic N) is 4. The van der Waals surface area contributed by atoms with Crippen LogP contribution in [0.2, 0.25) is 0 Å². The Hall–Kier alpha value is -2.80. The van der Waals surface area contributed by atoms with Crippen molar-refractivity contribution in [2.45, 2.75) is 83.5 Å². The van der Waals surface area contributed by atoms with Crippen molar-refractivity contribution in [2.75, 3.05) is 24.5 Å². The number of piperidine rings is 1. The zero-order valence-corrected chi connectivity index (χ0v) is 22.9. The Morgan fingerprint density at radius 2 is 1.84 bits per heavy atom. The van der Waals surface area contributed by atoms with E-state index < -0.39 is 5.67 Å². The number of aromatic amines is 1. The fourth-order valence-corrected chi connectivity index (χ4v) is 7.16. The van der Waals surface area contributed by atoms with Gasteiger partial charge in [0.1, 0.15) is 12.0 Å². The number of hydrogen-bond donors (Lipinski definition) is 1. The SMILES string of the molecule is CC.C[C@@H]1Cc2c(ccc3[nH]ncc23)C(c2ccc(N3CCC4(CC3)CC(C=O)C4)cn2)N1CC1(F)CC1. The maximum Gasteiger partial charge on any atom is 0.124 e. The van der Waals surface area contributed by atoms with Crippen molar-refractivity contribution < 1.29 is 9.18 Å². The molecule has 38 heavy (non-hydrogen) atoms. The molecule has 0 radical (unpaired) electrons. The summed E-state index contributed by atoms with van der Waals surface area (Å²) in [6.45, 7) is 8.71. The maximum absolute atomic E-state index is 15.1. The highest BCUT2D eigenvalue weighted by molar-refractivity contribution is 5.83. The molecule has 4 aliphatic rings. The fraction of sp³-hybridized carbons (Fsp3) is 0.581. The Kier molecular flexibility index (Phi) is 6.53. The second kappa shape index (κ2) is 9.74. The van der Waals surface area contributed by atoms with E-state index >= 15 is 4.39 Å². The van der Waals surface area contributed by atoms with Crippen molar-refractivity contribution in [1.29, 1.82) is 0 Å². The van der Waals surface area contributed by atoms with Gasteiger partial charge in [0, 0.05) is 37.0 Å². The van der Waals surface area contributed by atoms with Gasteiger partial charge in [0.15, 0.2) is 0 Å². The summed E-state index contributed by atoms with van der Waals surface area (Å²) in [5, 5.41) is 8.54. The van der Waals surface area contributed by atoms with Crippen LogP contribution in [0.1, 0.15) is 82.2 Å². The number of nitrogens with one attached hydrogen (secondary N) is 1. The molecular formula is C31H40FN5O. The Morgan fingerprint density at radius 3 is 2.50 bits per heavy atom. The van der Waals surface area contributed by atoms with Crippen LogP contribution in [0.4, 0.5) is 10.1 Å². The molecular weight excluding hydrogens is 477 g/mol. The first-order valence-corrected chi connectivity index (χ1v) is 14.5. The lowest BCUT2D eigenvalue weighted by atomic mass is 9.58. The van der Waals surface area contributed by atoms with E-state index in [1.807, 2.05) is 26.2 Å². The standard InChI is InChI=1S/C29H34FN5O.C2H6/c1-19-12-23-22(3-5-25-24(23)16-32-33-25)27(35(19)18-29(30)6-7-29)26-4-2-21(15-31-26)34-10-8-28(9-11-34)13-20(14-28)17-36;1-2/h2-5,15-17,19-20,27H,6-14,18H2,1H3,(H,32,33);1-2H3/t19-,27?;/m1./s1. The molecule has 2 aliphatic heterocycles. The number of pyridine rings is 1. The molecule has 1 saturated heterocycles. The molecule has 7 rings (SSSR count). The predicted octanol–water partition coefficient (Wildman–Crippen LogP) is 6.02. The number of aldehydes is 1. The van der Waals surface area contributed by atoms with Crippen LogP contribution in [0, 0.1) is 11.3 Å². The predicted molar refractivity (Wildman–Crippen MR) is 149 cm³/mol. The van der Waals surface area contributed by atoms with Crippen LogP contribution in [0.5, 0.6) is 0 Å². The van der Waals surface area contributed by atoms with Gasteiger partial charge in [0.05, 0.1) is 35.3 Å². The summed E-state index contributed by atoms with van der Waals surface area (Å²) in [6.07, 6.45) is 11.7. The number of aromatic nitrogens is 3. The Morgan fingerprint density at radius 1 is 1.08 bits per heavy atom. The highest BCUT2D eigenvalue weighted by Crippen LogP contribution is 2.52. The number of carbonyl (C=O) groups excluding carboxylic acids is 1. The van der Waals surface area contributed by atoms with Gasteiger partial charge in [-0.1, -0.05) is 19.9 Å². The first-order valence-electron chi connectivity index (χ1n) is 14.5. The molecule has 2 aromatic heterocycles. The van der Waals surface area contributed by atoms with E-state index in [-0.39, 0.29) is 18.0 Å². The van der Waals surface area contributed by atoms with Gasteiger partial charge in [-0.25, -0.2) is 4.39 Å². The third-order valence-corrected chi connectivity index (χ3v) is 9.55. The number of alkyl halides is 1. The van der Waals surface area contributed by atoms with E-state index in [0.717, 1.165) is 73.8 Å². The minimum atomic E-state index is -1.06. The highest BCUT2D eigenvalue weighted by atomic mass is 19.1. The van der Waals surface area contributed by atoms with Gasteiger partial charge in [-0.15, -0.1) is 0 Å². The zero-order chi connectivity index (χ0) is 26.5. The molecule has 3 aromatic rings. The van der Waals surface area contributed by atoms with Crippen molar-refractivity contribution >= 4 is 22.9 Å². The second-order valence-corrected chi connectivity index (χ2v) is 12.0. The summed E-state index contributed by atoms with van der Waals surface area (Å²) in [7, 11) is 0. The minimum absolute atomic E-state index is 0.0646. The molecule has 1 unspecified atom stereocenters. The van der Waals surface area contributed by atoms with E-state index in [4.69, 9.17) is 4.98 Å². The van der Waals surface area contributed by atoms with Crippen LogP contribution in [0.25, 0.3) is 10.9 Å². The molecule has 6 nitrogen and oxygen atoms in total. The average Bonchev–Trinajstić information content (AvgIpc) is 3.45. The molecule has 2 atom stereocenters. The van der Waals surface area contributed by atoms with Crippen molar-refractivity contribution in [3.8, 4) is 0 Å². The van der Waals surface area contributed by atoms with Gasteiger partial charge in [-0.05, 0) is 86.6 Å². The third-order valence-electron chi connectivity index (χ3n) is 9.55. The van der Waals surface area contributed by atoms with Crippen LogP contribution >= 0.6 is 0 Å². The molecule has 3 fully saturated rings. The van der Waals surface area contributed by atoms with Crippen molar-refractivity contribution in [2.24, 2.45) is 11.3 Å². The van der Waals surface area contributed by atoms with Crippen LogP contribution in [-0.4, -0.2) is 57.7 Å². The lowest BCUT2D eigenvalue weighted by Crippen LogP contribution is -2.47. The summed E-state index contributed by atoms with van der Waals surface area (Å²) in [6, 6.07) is 8.78. The monoisotopic (exact) mass is 517 g/mol. The summed E-state index contributed by atoms with van der Waals surface area (Å²) in [5.74, 6) is 0.281. The Bertz CT molecular complexity index is 1280. The number of rotatable bonds is 5. The molecule has 1 N–H and O–H groups in total. The van der Waals surface area contributed by atoms with Crippen molar-refractivity contribution in [3.63, 3.8) is 0 Å². The quantitative estimate of drug-likeness (QED) is 0.420. The normalized spacial score (nSPS) is 25.8. The lowest BCUT2D eigenvalue weighted by molar-refractivity contribution is -0.118. The Labute approximate surface area is 225 Å². The molecule has 7 heteroatoms. The molecule has 202 valence electrons. The number of anilines is 1. The lowest BCUT2D eigenvalue weighted by Gasteiger charge is -2.51. The molecule has 2 saturated carbocycles. The molecule has 0 bridgehead atoms. The average molecular weight is 518 g/mol. The minimum Gasteiger partial charge on any atom is -0.370 e. The molecule has 1 spiro atoms. The molecule has 0 amide bonds. The van der Waals surface area contributed by atoms with E-state index in [2.05, 4.69) is 51.2 Å². The number of halogens is 1. The number of hydrogen-bond acceptors (Lipinski definition) is 5. The maximum atomic E-state index is 15.1. The van der Waals surface area contributed by atoms with Crippen molar-refractivity contribution in [3.05, 3.63) is 53.5 Å². The summed E-state index contributed by atoms with van der Waals surface area (Å²) < 4.78 is 15.1. The second-order valence-electron chi connectivity index (χ2n) is 12.0. The first kappa shape index (κ1) is 25.5. The smallest absolute Gasteiger partial charge is 0.124 e. The summed E-state index contributed by atoms with van der Waals surface area (Å²) in [5.41, 5.74) is 5.06. The van der Waals surface area contributed by atoms with Crippen LogP contribution < -0.4 is 4.90 Å². The number of fused-ring (bicyclic) bond motifs is 3. The largest absolute Gasteiger partial charge is 0.370 e. The van der Waals surface area contributed by atoms with Gasteiger partial charge < -0.3 is 9.69 Å². The fourth-order valence-electron chi connectivity index (χ4n) is 7.16. The van der Waals surface area contributed by atoms with Gasteiger partial charge in [-0.3, -0.25) is 15.0 Å². The number of H-pyrrole nitrogens is 1. The zero-order valence-electron chi connectivity index (χ0n) is 22.9. The van der Waals surface area contributed by atoms with Gasteiger partial charge in [-0.2, -0.15) is 5.10 Å². The Balaban J connectivity index is 0.00000129. The van der Waals surface area contributed by atoms with E-state index in [9.17, 15) is 4.79 Å². The summed E-state index contributed by atoms with van der Waals surface area (Å²) in [4.78, 5) is 20.8. The summed E-state index contributed by atoms with van der Waals surface area (Å²) >= 11 is 0. The number of benzene rings is 1. The molecule has 4 heterocycles. The van der Waals surface area contributed by atoms with E-state index in [1.165, 1.54) is 11.1 Å². The van der Waals surface area contributed by atoms with Crippen LogP contribution in [-0.2, 0) is 11.2 Å². The molecule has 1 aromatic carbocycles. The highest BCUT2D eigenvalue weighted by Gasteiger charge is 2.48. The van der Waals surface area contributed by atoms with Crippen LogP contribution in [0.15, 0.2) is 36.7 Å². The van der Waals surface area contributed by atoms with Gasteiger partial charge in [0.2, 0.25) is 0 Å². The van der Waals surface area contributed by atoms with E-state index in [0.29, 0.717) is 24.8 Å². The number of carbonyl (C=O) groups is 1. The van der Waals surface area contributed by atoms with Gasteiger partial charge in [0.25, 0.3) is 0 Å². The van der Waals surface area contributed by atoms with Crippen LogP contribution in [0.3, 0.4) is 0 Å². The first-order chi connectivity index (χ1) is 18.5. The van der Waals surface area contributed by atoms with Gasteiger partial charge >= 0.3 is 0 Å². The molecule has 2 aliphatic carbocycles. The van der Waals surface area contributed by atoms with E-state index in [1.54, 1.807) is 0 Å².